The second-order valence-electron chi connectivity index (χ2n) is 3.93. The lowest BCUT2D eigenvalue weighted by Crippen LogP contribution is -2.41. The first kappa shape index (κ1) is 16.4. The molecule has 1 rings (SSSR count). The van der Waals surface area contributed by atoms with Gasteiger partial charge in [0.05, 0.1) is 11.5 Å². The number of benzene rings is 1. The third-order valence-corrected chi connectivity index (χ3v) is 3.95. The molecule has 20 heavy (non-hydrogen) atoms. The molecule has 0 bridgehead atoms. The van der Waals surface area contributed by atoms with Gasteiger partial charge in [-0.1, -0.05) is 0 Å². The van der Waals surface area contributed by atoms with Crippen molar-refractivity contribution in [2.75, 3.05) is 13.2 Å². The highest BCUT2D eigenvalue weighted by atomic mass is 32.2. The van der Waals surface area contributed by atoms with Crippen molar-refractivity contribution in [3.05, 3.63) is 24.3 Å². The number of ether oxygens (including phenoxy) is 1. The minimum absolute atomic E-state index is 0.0647. The lowest BCUT2D eigenvalue weighted by Gasteiger charge is -2.13. The van der Waals surface area contributed by atoms with Crippen molar-refractivity contribution in [3.8, 4) is 5.75 Å². The van der Waals surface area contributed by atoms with E-state index < -0.39 is 28.6 Å². The molecule has 7 nitrogen and oxygen atoms in total. The number of aliphatic hydroxyl groups excluding tert-OH is 1. The van der Waals surface area contributed by atoms with E-state index in [2.05, 4.69) is 0 Å². The number of hydrogen-bond acceptors (Lipinski definition) is 5. The molecule has 0 radical (unpaired) electrons. The van der Waals surface area contributed by atoms with Crippen molar-refractivity contribution in [2.45, 2.75) is 24.3 Å². The molecule has 112 valence electrons. The maximum absolute atomic E-state index is 12.0. The number of sulfonamides is 1. The fourth-order valence-corrected chi connectivity index (χ4v) is 2.72. The molecule has 0 aliphatic rings. The maximum Gasteiger partial charge on any atom is 0.321 e. The van der Waals surface area contributed by atoms with Gasteiger partial charge in [-0.15, -0.1) is 0 Å². The fourth-order valence-electron chi connectivity index (χ4n) is 1.50. The average molecular weight is 303 g/mol. The number of hydrogen-bond donors (Lipinski definition) is 3. The molecule has 0 aromatic heterocycles. The zero-order valence-electron chi connectivity index (χ0n) is 10.9. The van der Waals surface area contributed by atoms with Crippen molar-refractivity contribution in [1.82, 2.24) is 4.72 Å². The Kier molecular flexibility index (Phi) is 5.93. The smallest absolute Gasteiger partial charge is 0.321 e. The molecule has 0 spiro atoms. The summed E-state index contributed by atoms with van der Waals surface area (Å²) >= 11 is 0. The minimum atomic E-state index is -3.96. The van der Waals surface area contributed by atoms with Crippen LogP contribution in [0.2, 0.25) is 0 Å². The third-order valence-electron chi connectivity index (χ3n) is 2.46. The summed E-state index contributed by atoms with van der Waals surface area (Å²) in [6.45, 7) is 1.84. The van der Waals surface area contributed by atoms with Gasteiger partial charge in [0.15, 0.2) is 0 Å². The van der Waals surface area contributed by atoms with Crippen LogP contribution in [0.25, 0.3) is 0 Å². The van der Waals surface area contributed by atoms with E-state index >= 15 is 0 Å². The molecule has 8 heteroatoms. The summed E-state index contributed by atoms with van der Waals surface area (Å²) < 4.78 is 31.2. The number of carboxylic acid groups (broad SMARTS) is 1. The summed E-state index contributed by atoms with van der Waals surface area (Å²) in [5, 5.41) is 17.6. The lowest BCUT2D eigenvalue weighted by molar-refractivity contribution is -0.139. The molecule has 0 aliphatic heterocycles. The molecular formula is C12H17NO6S. The van der Waals surface area contributed by atoms with E-state index in [1.165, 1.54) is 24.3 Å². The van der Waals surface area contributed by atoms with Crippen LogP contribution in [0.5, 0.6) is 5.75 Å². The Bertz CT molecular complexity index is 540. The van der Waals surface area contributed by atoms with Gasteiger partial charge in [0.1, 0.15) is 11.8 Å². The van der Waals surface area contributed by atoms with Crippen molar-refractivity contribution in [3.63, 3.8) is 0 Å². The topological polar surface area (TPSA) is 113 Å². The van der Waals surface area contributed by atoms with E-state index in [0.29, 0.717) is 12.4 Å². The predicted octanol–water partition coefficient (Wildman–Crippen LogP) is 0.199. The van der Waals surface area contributed by atoms with Gasteiger partial charge in [0.2, 0.25) is 10.0 Å². The zero-order valence-corrected chi connectivity index (χ0v) is 11.8. The monoisotopic (exact) mass is 303 g/mol. The summed E-state index contributed by atoms with van der Waals surface area (Å²) in [5.74, 6) is -0.815. The molecule has 0 amide bonds. The molecule has 0 aliphatic carbocycles. The molecular weight excluding hydrogens is 286 g/mol. The Morgan fingerprint density at radius 1 is 1.35 bits per heavy atom. The minimum Gasteiger partial charge on any atom is -0.494 e. The summed E-state index contributed by atoms with van der Waals surface area (Å²) in [7, 11) is -3.96. The fraction of sp³-hybridized carbons (Fsp3) is 0.417. The number of nitrogens with one attached hydrogen (secondary N) is 1. The quantitative estimate of drug-likeness (QED) is 0.632. The molecule has 1 atom stereocenters. The Morgan fingerprint density at radius 3 is 2.40 bits per heavy atom. The van der Waals surface area contributed by atoms with E-state index in [1.54, 1.807) is 6.92 Å². The van der Waals surface area contributed by atoms with Gasteiger partial charge in [0.25, 0.3) is 0 Å². The number of rotatable bonds is 8. The Morgan fingerprint density at radius 2 is 1.95 bits per heavy atom. The molecule has 0 saturated heterocycles. The van der Waals surface area contributed by atoms with E-state index in [0.717, 1.165) is 0 Å². The van der Waals surface area contributed by atoms with Crippen LogP contribution in [0.3, 0.4) is 0 Å². The summed E-state index contributed by atoms with van der Waals surface area (Å²) in [6.07, 6.45) is -0.203. The molecule has 0 heterocycles. The van der Waals surface area contributed by atoms with Gasteiger partial charge in [-0.3, -0.25) is 4.79 Å². The van der Waals surface area contributed by atoms with Gasteiger partial charge in [0, 0.05) is 6.61 Å². The van der Waals surface area contributed by atoms with Gasteiger partial charge in [-0.25, -0.2) is 8.42 Å². The van der Waals surface area contributed by atoms with Crippen LogP contribution < -0.4 is 9.46 Å². The lowest BCUT2D eigenvalue weighted by atomic mass is 10.2. The van der Waals surface area contributed by atoms with Crippen LogP contribution in [-0.2, 0) is 14.8 Å². The second kappa shape index (κ2) is 7.22. The summed E-state index contributed by atoms with van der Waals surface area (Å²) in [5.41, 5.74) is 0. The van der Waals surface area contributed by atoms with Crippen LogP contribution >= 0.6 is 0 Å². The second-order valence-corrected chi connectivity index (χ2v) is 5.64. The van der Waals surface area contributed by atoms with Crippen molar-refractivity contribution < 1.29 is 28.2 Å². The van der Waals surface area contributed by atoms with Crippen molar-refractivity contribution in [1.29, 1.82) is 0 Å². The predicted molar refractivity (Wildman–Crippen MR) is 71.1 cm³/mol. The SMILES string of the molecule is CCOc1ccc(S(=O)(=O)NC(CCO)C(=O)O)cc1. The highest BCUT2D eigenvalue weighted by Gasteiger charge is 2.24. The van der Waals surface area contributed by atoms with Gasteiger partial charge in [-0.2, -0.15) is 4.72 Å². The number of aliphatic carboxylic acids is 1. The number of carbonyl (C=O) groups is 1. The average Bonchev–Trinajstić information content (AvgIpc) is 2.39. The van der Waals surface area contributed by atoms with E-state index in [9.17, 15) is 13.2 Å². The molecule has 0 fully saturated rings. The normalized spacial score (nSPS) is 12.9. The van der Waals surface area contributed by atoms with Crippen LogP contribution in [0.15, 0.2) is 29.2 Å². The maximum atomic E-state index is 12.0. The van der Waals surface area contributed by atoms with Crippen molar-refractivity contribution in [2.24, 2.45) is 0 Å². The Labute approximate surface area is 117 Å². The van der Waals surface area contributed by atoms with Crippen LogP contribution in [0.4, 0.5) is 0 Å². The largest absolute Gasteiger partial charge is 0.494 e. The molecule has 0 saturated carbocycles. The van der Waals surface area contributed by atoms with E-state index in [1.807, 2.05) is 4.72 Å². The molecule has 3 N–H and O–H groups in total. The number of aliphatic hydroxyl groups is 1. The van der Waals surface area contributed by atoms with E-state index in [4.69, 9.17) is 14.9 Å². The standard InChI is InChI=1S/C12H17NO6S/c1-2-19-9-3-5-10(6-4-9)20(17,18)13-11(7-8-14)12(15)16/h3-6,11,13-14H,2,7-8H2,1H3,(H,15,16). The van der Waals surface area contributed by atoms with Crippen LogP contribution in [0.1, 0.15) is 13.3 Å². The molecule has 1 aromatic rings. The Hall–Kier alpha value is -1.64. The summed E-state index contributed by atoms with van der Waals surface area (Å²) in [4.78, 5) is 10.8. The highest BCUT2D eigenvalue weighted by molar-refractivity contribution is 7.89. The van der Waals surface area contributed by atoms with E-state index in [-0.39, 0.29) is 11.3 Å². The first-order chi connectivity index (χ1) is 9.40. The molecule has 1 aromatic carbocycles. The van der Waals surface area contributed by atoms with Crippen molar-refractivity contribution >= 4 is 16.0 Å². The zero-order chi connectivity index (χ0) is 15.2. The van der Waals surface area contributed by atoms with Crippen LogP contribution in [0, 0.1) is 0 Å². The van der Waals surface area contributed by atoms with Gasteiger partial charge in [-0.05, 0) is 37.6 Å². The molecule has 1 unspecified atom stereocenters. The Balaban J connectivity index is 2.89. The first-order valence-electron chi connectivity index (χ1n) is 5.99. The van der Waals surface area contributed by atoms with Gasteiger partial charge >= 0.3 is 5.97 Å². The van der Waals surface area contributed by atoms with Gasteiger partial charge < -0.3 is 14.9 Å². The van der Waals surface area contributed by atoms with Crippen LogP contribution in [-0.4, -0.2) is 43.9 Å². The number of carboxylic acids is 1. The summed E-state index contributed by atoms with van der Waals surface area (Å²) in [6, 6.07) is 4.26. The first-order valence-corrected chi connectivity index (χ1v) is 7.48. The highest BCUT2D eigenvalue weighted by Crippen LogP contribution is 2.16. The third kappa shape index (κ3) is 4.48.